The molecule has 140 valence electrons. The lowest BCUT2D eigenvalue weighted by Gasteiger charge is -2.25. The van der Waals surface area contributed by atoms with E-state index >= 15 is 0 Å². The molecule has 0 radical (unpaired) electrons. The molecule has 0 spiro atoms. The number of hydrogen-bond donors (Lipinski definition) is 1. The first-order chi connectivity index (χ1) is 12.5. The van der Waals surface area contributed by atoms with Crippen molar-refractivity contribution in [2.45, 2.75) is 37.2 Å². The lowest BCUT2D eigenvalue weighted by atomic mass is 10.2. The van der Waals surface area contributed by atoms with Gasteiger partial charge in [0.15, 0.2) is 0 Å². The minimum absolute atomic E-state index is 0.359. The molecule has 26 heavy (non-hydrogen) atoms. The topological polar surface area (TPSA) is 49.4 Å². The van der Waals surface area contributed by atoms with Crippen molar-refractivity contribution in [3.05, 3.63) is 63.6 Å². The number of hydrogen-bond acceptors (Lipinski definition) is 3. The summed E-state index contributed by atoms with van der Waals surface area (Å²) in [5.41, 5.74) is 1.87. The average Bonchev–Trinajstić information content (AvgIpc) is 2.65. The number of nitrogens with zero attached hydrogens (tertiary/aromatic N) is 1. The molecule has 1 heterocycles. The van der Waals surface area contributed by atoms with Crippen molar-refractivity contribution in [3.8, 4) is 0 Å². The molecule has 0 aromatic heterocycles. The molecular formula is C19H22Cl2N2O2S. The predicted octanol–water partition coefficient (Wildman–Crippen LogP) is 4.46. The van der Waals surface area contributed by atoms with Crippen molar-refractivity contribution in [3.63, 3.8) is 0 Å². The van der Waals surface area contributed by atoms with Gasteiger partial charge in [0.25, 0.3) is 0 Å². The number of piperidine rings is 1. The van der Waals surface area contributed by atoms with Crippen LogP contribution in [0.1, 0.15) is 30.4 Å². The Kier molecular flexibility index (Phi) is 6.59. The molecule has 1 aliphatic heterocycles. The third-order valence-corrected chi connectivity index (χ3v) is 7.19. The molecule has 7 heteroatoms. The summed E-state index contributed by atoms with van der Waals surface area (Å²) in [7, 11) is -3.38. The van der Waals surface area contributed by atoms with E-state index in [4.69, 9.17) is 23.2 Å². The van der Waals surface area contributed by atoms with E-state index in [-0.39, 0.29) is 0 Å². The molecule has 2 aromatic carbocycles. The fraction of sp³-hybridized carbons (Fsp3) is 0.368. The van der Waals surface area contributed by atoms with Crippen LogP contribution in [0.25, 0.3) is 0 Å². The van der Waals surface area contributed by atoms with Gasteiger partial charge in [-0.15, -0.1) is 0 Å². The zero-order valence-electron chi connectivity index (χ0n) is 14.4. The molecule has 0 amide bonds. The lowest BCUT2D eigenvalue weighted by molar-refractivity contribution is 0.346. The number of benzene rings is 2. The van der Waals surface area contributed by atoms with E-state index in [1.54, 1.807) is 16.4 Å². The van der Waals surface area contributed by atoms with Crippen molar-refractivity contribution >= 4 is 33.2 Å². The summed E-state index contributed by atoms with van der Waals surface area (Å²) in [5, 5.41) is 4.56. The Morgan fingerprint density at radius 3 is 2.12 bits per heavy atom. The van der Waals surface area contributed by atoms with Crippen LogP contribution in [0, 0.1) is 0 Å². The Morgan fingerprint density at radius 2 is 1.50 bits per heavy atom. The molecule has 0 unspecified atom stereocenters. The molecule has 4 nitrogen and oxygen atoms in total. The standard InChI is InChI=1S/C19H22Cl2N2O2S/c20-18-5-4-6-19(21)17(18)14-22-13-15-7-9-16(10-8-15)26(24,25)23-11-2-1-3-12-23/h4-10,22H,1-3,11-14H2. The first-order valence-corrected chi connectivity index (χ1v) is 10.9. The van der Waals surface area contributed by atoms with Gasteiger partial charge >= 0.3 is 0 Å². The highest BCUT2D eigenvalue weighted by Gasteiger charge is 2.25. The van der Waals surface area contributed by atoms with Crippen molar-refractivity contribution in [2.75, 3.05) is 13.1 Å². The second-order valence-corrected chi connectivity index (χ2v) is 9.16. The van der Waals surface area contributed by atoms with E-state index in [1.807, 2.05) is 30.3 Å². The molecule has 1 fully saturated rings. The van der Waals surface area contributed by atoms with Crippen LogP contribution < -0.4 is 5.32 Å². The molecule has 1 saturated heterocycles. The van der Waals surface area contributed by atoms with Gasteiger partial charge in [0.05, 0.1) is 4.90 Å². The van der Waals surface area contributed by atoms with Crippen LogP contribution in [0.15, 0.2) is 47.4 Å². The number of sulfonamides is 1. The average molecular weight is 413 g/mol. The minimum atomic E-state index is -3.38. The Labute approximate surface area is 165 Å². The van der Waals surface area contributed by atoms with Crippen LogP contribution in [0.4, 0.5) is 0 Å². The first kappa shape index (κ1) is 19.6. The molecule has 0 atom stereocenters. The van der Waals surface area contributed by atoms with E-state index in [2.05, 4.69) is 5.32 Å². The SMILES string of the molecule is O=S(=O)(c1ccc(CNCc2c(Cl)cccc2Cl)cc1)N1CCCCC1. The van der Waals surface area contributed by atoms with Gasteiger partial charge in [-0.05, 0) is 42.7 Å². The Morgan fingerprint density at radius 1 is 0.885 bits per heavy atom. The van der Waals surface area contributed by atoms with Crippen LogP contribution in [-0.4, -0.2) is 25.8 Å². The Bertz CT molecular complexity index is 828. The van der Waals surface area contributed by atoms with Crippen LogP contribution in [-0.2, 0) is 23.1 Å². The van der Waals surface area contributed by atoms with E-state index in [0.717, 1.165) is 30.4 Å². The van der Waals surface area contributed by atoms with E-state index in [1.165, 1.54) is 0 Å². The van der Waals surface area contributed by atoms with Crippen molar-refractivity contribution in [2.24, 2.45) is 0 Å². The highest BCUT2D eigenvalue weighted by atomic mass is 35.5. The van der Waals surface area contributed by atoms with Gasteiger partial charge in [0.2, 0.25) is 10.0 Å². The molecule has 0 saturated carbocycles. The maximum atomic E-state index is 12.7. The highest BCUT2D eigenvalue weighted by Crippen LogP contribution is 2.24. The Hall–Kier alpha value is -1.11. The monoisotopic (exact) mass is 412 g/mol. The zero-order valence-corrected chi connectivity index (χ0v) is 16.7. The van der Waals surface area contributed by atoms with Crippen molar-refractivity contribution in [1.82, 2.24) is 9.62 Å². The molecule has 1 N–H and O–H groups in total. The summed E-state index contributed by atoms with van der Waals surface area (Å²) in [6, 6.07) is 12.5. The van der Waals surface area contributed by atoms with Gasteiger partial charge in [0.1, 0.15) is 0 Å². The molecule has 0 aliphatic carbocycles. The zero-order chi connectivity index (χ0) is 18.6. The summed E-state index contributed by atoms with van der Waals surface area (Å²) in [6.07, 6.45) is 2.98. The van der Waals surface area contributed by atoms with Crippen LogP contribution in [0.3, 0.4) is 0 Å². The van der Waals surface area contributed by atoms with E-state index in [9.17, 15) is 8.42 Å². The van der Waals surface area contributed by atoms with Gasteiger partial charge in [-0.3, -0.25) is 0 Å². The van der Waals surface area contributed by atoms with Crippen molar-refractivity contribution in [1.29, 1.82) is 0 Å². The molecule has 3 rings (SSSR count). The van der Waals surface area contributed by atoms with Crippen LogP contribution >= 0.6 is 23.2 Å². The minimum Gasteiger partial charge on any atom is -0.309 e. The molecule has 1 aliphatic rings. The fourth-order valence-electron chi connectivity index (χ4n) is 3.07. The Balaban J connectivity index is 1.61. The summed E-state index contributed by atoms with van der Waals surface area (Å²) in [5.74, 6) is 0. The van der Waals surface area contributed by atoms with E-state index < -0.39 is 10.0 Å². The highest BCUT2D eigenvalue weighted by molar-refractivity contribution is 7.89. The third kappa shape index (κ3) is 4.59. The first-order valence-electron chi connectivity index (χ1n) is 8.71. The smallest absolute Gasteiger partial charge is 0.243 e. The molecular weight excluding hydrogens is 391 g/mol. The maximum absolute atomic E-state index is 12.7. The lowest BCUT2D eigenvalue weighted by Crippen LogP contribution is -2.35. The number of nitrogens with one attached hydrogen (secondary N) is 1. The van der Waals surface area contributed by atoms with E-state index in [0.29, 0.717) is 41.1 Å². The maximum Gasteiger partial charge on any atom is 0.243 e. The number of halogens is 2. The third-order valence-electron chi connectivity index (χ3n) is 4.57. The summed E-state index contributed by atoms with van der Waals surface area (Å²) < 4.78 is 26.9. The van der Waals surface area contributed by atoms with Gasteiger partial charge in [0, 0.05) is 41.8 Å². The second-order valence-electron chi connectivity index (χ2n) is 6.41. The molecule has 2 aromatic rings. The quantitative estimate of drug-likeness (QED) is 0.761. The largest absolute Gasteiger partial charge is 0.309 e. The van der Waals surface area contributed by atoms with Gasteiger partial charge in [-0.2, -0.15) is 4.31 Å². The summed E-state index contributed by atoms with van der Waals surface area (Å²) >= 11 is 12.3. The van der Waals surface area contributed by atoms with Gasteiger partial charge in [-0.25, -0.2) is 8.42 Å². The van der Waals surface area contributed by atoms with Crippen LogP contribution in [0.2, 0.25) is 10.0 Å². The number of rotatable bonds is 6. The predicted molar refractivity (Wildman–Crippen MR) is 106 cm³/mol. The van der Waals surface area contributed by atoms with Gasteiger partial charge in [-0.1, -0.05) is 47.8 Å². The van der Waals surface area contributed by atoms with Gasteiger partial charge < -0.3 is 5.32 Å². The second kappa shape index (κ2) is 8.72. The summed E-state index contributed by atoms with van der Waals surface area (Å²) in [6.45, 7) is 2.38. The molecule has 0 bridgehead atoms. The van der Waals surface area contributed by atoms with Crippen molar-refractivity contribution < 1.29 is 8.42 Å². The van der Waals surface area contributed by atoms with Crippen LogP contribution in [0.5, 0.6) is 0 Å². The fourth-order valence-corrected chi connectivity index (χ4v) is 5.11. The summed E-state index contributed by atoms with van der Waals surface area (Å²) in [4.78, 5) is 0.359. The normalized spacial score (nSPS) is 15.9.